The zero-order valence-corrected chi connectivity index (χ0v) is 13.5. The van der Waals surface area contributed by atoms with Gasteiger partial charge in [-0.15, -0.1) is 0 Å². The Hall–Kier alpha value is -0.120. The molecule has 0 aromatic rings. The van der Waals surface area contributed by atoms with E-state index in [0.29, 0.717) is 5.54 Å². The van der Waals surface area contributed by atoms with Gasteiger partial charge in [-0.2, -0.15) is 0 Å². The Labute approximate surface area is 124 Å². The first kappa shape index (κ1) is 14.8. The van der Waals surface area contributed by atoms with Gasteiger partial charge in [0, 0.05) is 37.8 Å². The molecule has 0 amide bonds. The lowest BCUT2D eigenvalue weighted by Gasteiger charge is -2.55. The second-order valence-electron chi connectivity index (χ2n) is 7.68. The van der Waals surface area contributed by atoms with Crippen LogP contribution in [0.25, 0.3) is 0 Å². The highest BCUT2D eigenvalue weighted by molar-refractivity contribution is 5.04. The summed E-state index contributed by atoms with van der Waals surface area (Å²) in [5.41, 5.74) is 6.69. The van der Waals surface area contributed by atoms with Crippen molar-refractivity contribution < 1.29 is 0 Å². The molecule has 3 atom stereocenters. The van der Waals surface area contributed by atoms with Gasteiger partial charge in [-0.1, -0.05) is 26.7 Å². The van der Waals surface area contributed by atoms with E-state index in [0.717, 1.165) is 24.4 Å². The highest BCUT2D eigenvalue weighted by atomic mass is 15.3. The lowest BCUT2D eigenvalue weighted by atomic mass is 9.66. The summed E-state index contributed by atoms with van der Waals surface area (Å²) in [6, 6.07) is 0.821. The smallest absolute Gasteiger partial charge is 0.0363 e. The van der Waals surface area contributed by atoms with Gasteiger partial charge in [0.2, 0.25) is 0 Å². The molecule has 3 aliphatic rings. The lowest BCUT2D eigenvalue weighted by Crippen LogP contribution is -2.66. The van der Waals surface area contributed by atoms with Crippen molar-refractivity contribution in [2.24, 2.45) is 17.6 Å². The van der Waals surface area contributed by atoms with Gasteiger partial charge in [-0.25, -0.2) is 0 Å². The van der Waals surface area contributed by atoms with Crippen LogP contribution in [0.1, 0.15) is 52.4 Å². The fraction of sp³-hybridized carbons (Fsp3) is 1.00. The summed E-state index contributed by atoms with van der Waals surface area (Å²) in [6.07, 6.45) is 8.32. The van der Waals surface area contributed by atoms with Crippen molar-refractivity contribution in [1.29, 1.82) is 0 Å². The van der Waals surface area contributed by atoms with Crippen molar-refractivity contribution in [2.75, 3.05) is 32.7 Å². The number of hydrogen-bond acceptors (Lipinski definition) is 3. The summed E-state index contributed by atoms with van der Waals surface area (Å²) >= 11 is 0. The SMILES string of the molecule is CC(C)C1CCCCC1(CN)N1CCN2CCCC2C1. The minimum atomic E-state index is 0.307. The van der Waals surface area contributed by atoms with Crippen LogP contribution in [0.4, 0.5) is 0 Å². The van der Waals surface area contributed by atoms with E-state index in [2.05, 4.69) is 23.6 Å². The van der Waals surface area contributed by atoms with Crippen molar-refractivity contribution in [1.82, 2.24) is 9.80 Å². The number of piperazine rings is 1. The highest BCUT2D eigenvalue weighted by Crippen LogP contribution is 2.43. The summed E-state index contributed by atoms with van der Waals surface area (Å²) in [6.45, 7) is 10.8. The number of fused-ring (bicyclic) bond motifs is 1. The second-order valence-corrected chi connectivity index (χ2v) is 7.68. The van der Waals surface area contributed by atoms with Gasteiger partial charge in [0.25, 0.3) is 0 Å². The topological polar surface area (TPSA) is 32.5 Å². The molecule has 1 saturated carbocycles. The van der Waals surface area contributed by atoms with E-state index in [9.17, 15) is 0 Å². The number of nitrogens with zero attached hydrogens (tertiary/aromatic N) is 2. The molecule has 116 valence electrons. The minimum absolute atomic E-state index is 0.307. The molecule has 3 fully saturated rings. The fourth-order valence-corrected chi connectivity index (χ4v) is 5.37. The van der Waals surface area contributed by atoms with Crippen molar-refractivity contribution in [2.45, 2.75) is 64.0 Å². The second kappa shape index (κ2) is 5.94. The van der Waals surface area contributed by atoms with Gasteiger partial charge in [-0.3, -0.25) is 9.80 Å². The summed E-state index contributed by atoms with van der Waals surface area (Å²) in [5, 5.41) is 0. The van der Waals surface area contributed by atoms with E-state index in [1.807, 2.05) is 0 Å². The predicted molar refractivity (Wildman–Crippen MR) is 84.7 cm³/mol. The third kappa shape index (κ3) is 2.42. The van der Waals surface area contributed by atoms with Crippen LogP contribution in [-0.4, -0.2) is 54.1 Å². The Morgan fingerprint density at radius 1 is 1.10 bits per heavy atom. The van der Waals surface area contributed by atoms with E-state index in [1.165, 1.54) is 64.7 Å². The van der Waals surface area contributed by atoms with Crippen LogP contribution in [0.5, 0.6) is 0 Å². The quantitative estimate of drug-likeness (QED) is 0.860. The van der Waals surface area contributed by atoms with E-state index in [-0.39, 0.29) is 0 Å². The van der Waals surface area contributed by atoms with Crippen molar-refractivity contribution in [3.63, 3.8) is 0 Å². The number of nitrogens with two attached hydrogens (primary N) is 1. The molecule has 2 N–H and O–H groups in total. The highest BCUT2D eigenvalue weighted by Gasteiger charge is 2.47. The van der Waals surface area contributed by atoms with Crippen LogP contribution in [0.15, 0.2) is 0 Å². The fourth-order valence-electron chi connectivity index (χ4n) is 5.37. The molecular formula is C17H33N3. The van der Waals surface area contributed by atoms with Crippen molar-refractivity contribution in [3.05, 3.63) is 0 Å². The van der Waals surface area contributed by atoms with Crippen LogP contribution < -0.4 is 5.73 Å². The molecule has 3 nitrogen and oxygen atoms in total. The van der Waals surface area contributed by atoms with Gasteiger partial charge in [0.15, 0.2) is 0 Å². The van der Waals surface area contributed by atoms with Gasteiger partial charge in [-0.05, 0) is 44.1 Å². The Kier molecular flexibility index (Phi) is 4.40. The maximum Gasteiger partial charge on any atom is 0.0363 e. The molecule has 0 aromatic heterocycles. The van der Waals surface area contributed by atoms with Gasteiger partial charge in [0.05, 0.1) is 0 Å². The van der Waals surface area contributed by atoms with E-state index >= 15 is 0 Å². The van der Waals surface area contributed by atoms with Gasteiger partial charge >= 0.3 is 0 Å². The molecule has 20 heavy (non-hydrogen) atoms. The standard InChI is InChI=1S/C17H33N3/c1-14(2)16-7-3-4-8-17(16,13-18)20-11-10-19-9-5-6-15(19)12-20/h14-16H,3-13,18H2,1-2H3. The zero-order chi connectivity index (χ0) is 14.2. The molecule has 0 spiro atoms. The summed E-state index contributed by atoms with van der Waals surface area (Å²) in [5.74, 6) is 1.56. The molecule has 3 rings (SSSR count). The van der Waals surface area contributed by atoms with Crippen LogP contribution in [-0.2, 0) is 0 Å². The first-order valence-corrected chi connectivity index (χ1v) is 8.86. The maximum atomic E-state index is 6.38. The third-order valence-electron chi connectivity index (χ3n) is 6.44. The monoisotopic (exact) mass is 279 g/mol. The minimum Gasteiger partial charge on any atom is -0.329 e. The number of hydrogen-bond donors (Lipinski definition) is 1. The van der Waals surface area contributed by atoms with Crippen LogP contribution in [0.2, 0.25) is 0 Å². The van der Waals surface area contributed by atoms with Gasteiger partial charge in [0.1, 0.15) is 0 Å². The third-order valence-corrected chi connectivity index (χ3v) is 6.44. The normalized spacial score (nSPS) is 40.2. The lowest BCUT2D eigenvalue weighted by molar-refractivity contribution is -0.0497. The van der Waals surface area contributed by atoms with Crippen LogP contribution >= 0.6 is 0 Å². The predicted octanol–water partition coefficient (Wildman–Crippen LogP) is 2.31. The number of rotatable bonds is 3. The first-order chi connectivity index (χ1) is 9.67. The average Bonchev–Trinajstić information content (AvgIpc) is 2.94. The largest absolute Gasteiger partial charge is 0.329 e. The Morgan fingerprint density at radius 2 is 1.95 bits per heavy atom. The molecule has 0 bridgehead atoms. The summed E-state index contributed by atoms with van der Waals surface area (Å²) in [4.78, 5) is 5.54. The molecule has 0 aromatic carbocycles. The maximum absolute atomic E-state index is 6.38. The van der Waals surface area contributed by atoms with Crippen LogP contribution in [0.3, 0.4) is 0 Å². The molecule has 2 heterocycles. The Bertz CT molecular complexity index is 330. The molecule has 2 saturated heterocycles. The van der Waals surface area contributed by atoms with Crippen molar-refractivity contribution >= 4 is 0 Å². The van der Waals surface area contributed by atoms with E-state index in [4.69, 9.17) is 5.73 Å². The molecule has 2 aliphatic heterocycles. The Balaban J connectivity index is 1.79. The van der Waals surface area contributed by atoms with E-state index in [1.54, 1.807) is 0 Å². The summed E-state index contributed by atoms with van der Waals surface area (Å²) in [7, 11) is 0. The average molecular weight is 279 g/mol. The van der Waals surface area contributed by atoms with E-state index < -0.39 is 0 Å². The molecule has 3 unspecified atom stereocenters. The van der Waals surface area contributed by atoms with Crippen molar-refractivity contribution in [3.8, 4) is 0 Å². The summed E-state index contributed by atoms with van der Waals surface area (Å²) < 4.78 is 0. The molecule has 1 aliphatic carbocycles. The van der Waals surface area contributed by atoms with Crippen LogP contribution in [0, 0.1) is 11.8 Å². The first-order valence-electron chi connectivity index (χ1n) is 8.86. The van der Waals surface area contributed by atoms with Gasteiger partial charge < -0.3 is 5.73 Å². The zero-order valence-electron chi connectivity index (χ0n) is 13.5. The molecular weight excluding hydrogens is 246 g/mol. The molecule has 3 heteroatoms. The Morgan fingerprint density at radius 3 is 2.70 bits per heavy atom. The molecule has 0 radical (unpaired) electrons.